The largest absolute Gasteiger partial charge is 0.378 e. The van der Waals surface area contributed by atoms with Crippen LogP contribution < -0.4 is 5.32 Å². The minimum absolute atomic E-state index is 0.107. The molecule has 0 fully saturated rings. The van der Waals surface area contributed by atoms with Crippen molar-refractivity contribution in [2.24, 2.45) is 0 Å². The molecule has 0 unspecified atom stereocenters. The Kier molecular flexibility index (Phi) is 4.48. The highest BCUT2D eigenvalue weighted by Gasteiger charge is 1.95. The second-order valence-electron chi connectivity index (χ2n) is 3.00. The maximum atomic E-state index is 11.2. The van der Waals surface area contributed by atoms with E-state index in [2.05, 4.69) is 5.32 Å². The van der Waals surface area contributed by atoms with Gasteiger partial charge in [-0.2, -0.15) is 0 Å². The van der Waals surface area contributed by atoms with Crippen molar-refractivity contribution in [3.8, 4) is 0 Å². The molecule has 14 heavy (non-hydrogen) atoms. The van der Waals surface area contributed by atoms with Crippen molar-refractivity contribution < 1.29 is 4.79 Å². The van der Waals surface area contributed by atoms with Crippen LogP contribution in [0.1, 0.15) is 13.3 Å². The SMILES string of the molecule is CCC=CC(=O)CNc1ccccc1. The van der Waals surface area contributed by atoms with Gasteiger partial charge in [0.05, 0.1) is 6.54 Å². The summed E-state index contributed by atoms with van der Waals surface area (Å²) in [5.74, 6) is 0.107. The van der Waals surface area contributed by atoms with Crippen molar-refractivity contribution in [2.75, 3.05) is 11.9 Å². The third-order valence-corrected chi connectivity index (χ3v) is 1.78. The Hall–Kier alpha value is -1.57. The van der Waals surface area contributed by atoms with Gasteiger partial charge in [-0.3, -0.25) is 4.79 Å². The van der Waals surface area contributed by atoms with Gasteiger partial charge in [-0.15, -0.1) is 0 Å². The van der Waals surface area contributed by atoms with E-state index in [-0.39, 0.29) is 5.78 Å². The smallest absolute Gasteiger partial charge is 0.174 e. The molecule has 0 spiro atoms. The minimum Gasteiger partial charge on any atom is -0.378 e. The van der Waals surface area contributed by atoms with Crippen LogP contribution in [0, 0.1) is 0 Å². The van der Waals surface area contributed by atoms with E-state index in [0.717, 1.165) is 12.1 Å². The summed E-state index contributed by atoms with van der Waals surface area (Å²) in [6, 6.07) is 9.71. The highest BCUT2D eigenvalue weighted by Crippen LogP contribution is 2.03. The molecule has 1 N–H and O–H groups in total. The first-order valence-electron chi connectivity index (χ1n) is 4.81. The van der Waals surface area contributed by atoms with E-state index in [9.17, 15) is 4.79 Å². The number of rotatable bonds is 5. The van der Waals surface area contributed by atoms with Crippen LogP contribution in [-0.2, 0) is 4.79 Å². The van der Waals surface area contributed by atoms with Crippen LogP contribution in [0.5, 0.6) is 0 Å². The number of benzene rings is 1. The minimum atomic E-state index is 0.107. The van der Waals surface area contributed by atoms with Crippen LogP contribution in [0.25, 0.3) is 0 Å². The maximum absolute atomic E-state index is 11.2. The molecule has 0 saturated carbocycles. The molecule has 1 rings (SSSR count). The van der Waals surface area contributed by atoms with Crippen LogP contribution in [0.4, 0.5) is 5.69 Å². The zero-order valence-electron chi connectivity index (χ0n) is 8.36. The summed E-state index contributed by atoms with van der Waals surface area (Å²) >= 11 is 0. The van der Waals surface area contributed by atoms with Gasteiger partial charge in [0.15, 0.2) is 5.78 Å². The molecule has 2 nitrogen and oxygen atoms in total. The number of hydrogen-bond acceptors (Lipinski definition) is 2. The number of carbonyl (C=O) groups is 1. The van der Waals surface area contributed by atoms with Crippen molar-refractivity contribution in [3.05, 3.63) is 42.5 Å². The van der Waals surface area contributed by atoms with Gasteiger partial charge in [0.25, 0.3) is 0 Å². The van der Waals surface area contributed by atoms with Crippen LogP contribution >= 0.6 is 0 Å². The van der Waals surface area contributed by atoms with Crippen molar-refractivity contribution in [3.63, 3.8) is 0 Å². The first kappa shape index (κ1) is 10.5. The molecule has 0 amide bonds. The topological polar surface area (TPSA) is 29.1 Å². The van der Waals surface area contributed by atoms with Crippen LogP contribution in [0.15, 0.2) is 42.5 Å². The molecule has 0 radical (unpaired) electrons. The number of ketones is 1. The summed E-state index contributed by atoms with van der Waals surface area (Å²) in [6.45, 7) is 2.37. The van der Waals surface area contributed by atoms with Crippen molar-refractivity contribution in [2.45, 2.75) is 13.3 Å². The molecule has 2 heteroatoms. The van der Waals surface area contributed by atoms with Crippen molar-refractivity contribution in [1.29, 1.82) is 0 Å². The van der Waals surface area contributed by atoms with Gasteiger partial charge in [-0.1, -0.05) is 31.2 Å². The maximum Gasteiger partial charge on any atom is 0.174 e. The van der Waals surface area contributed by atoms with Gasteiger partial charge in [-0.25, -0.2) is 0 Å². The van der Waals surface area contributed by atoms with E-state index in [4.69, 9.17) is 0 Å². The van der Waals surface area contributed by atoms with Crippen LogP contribution in [-0.4, -0.2) is 12.3 Å². The van der Waals surface area contributed by atoms with Gasteiger partial charge >= 0.3 is 0 Å². The monoisotopic (exact) mass is 189 g/mol. The van der Waals surface area contributed by atoms with Crippen LogP contribution in [0.3, 0.4) is 0 Å². The van der Waals surface area contributed by atoms with E-state index in [1.807, 2.05) is 43.3 Å². The first-order chi connectivity index (χ1) is 6.83. The molecule has 0 atom stereocenters. The molecule has 74 valence electrons. The number of carbonyl (C=O) groups excluding carboxylic acids is 1. The lowest BCUT2D eigenvalue weighted by Crippen LogP contribution is -2.10. The van der Waals surface area contributed by atoms with E-state index in [1.165, 1.54) is 0 Å². The van der Waals surface area contributed by atoms with Gasteiger partial charge in [-0.05, 0) is 24.6 Å². The van der Waals surface area contributed by atoms with Gasteiger partial charge in [0, 0.05) is 5.69 Å². The first-order valence-corrected chi connectivity index (χ1v) is 4.81. The molecule has 0 heterocycles. The standard InChI is InChI=1S/C12H15NO/c1-2-3-9-12(14)10-13-11-7-5-4-6-8-11/h3-9,13H,2,10H2,1H3. The summed E-state index contributed by atoms with van der Waals surface area (Å²) in [7, 11) is 0. The van der Waals surface area contributed by atoms with Crippen molar-refractivity contribution in [1.82, 2.24) is 0 Å². The lowest BCUT2D eigenvalue weighted by Gasteiger charge is -2.02. The highest BCUT2D eigenvalue weighted by molar-refractivity contribution is 5.92. The summed E-state index contributed by atoms with van der Waals surface area (Å²) < 4.78 is 0. The lowest BCUT2D eigenvalue weighted by atomic mass is 10.3. The van der Waals surface area contributed by atoms with Crippen LogP contribution in [0.2, 0.25) is 0 Å². The predicted octanol–water partition coefficient (Wildman–Crippen LogP) is 2.63. The molecule has 0 aliphatic heterocycles. The fourth-order valence-electron chi connectivity index (χ4n) is 1.05. The second kappa shape index (κ2) is 5.97. The lowest BCUT2D eigenvalue weighted by molar-refractivity contribution is -0.113. The molecular formula is C12H15NO. The summed E-state index contributed by atoms with van der Waals surface area (Å²) in [5, 5.41) is 3.05. The Balaban J connectivity index is 2.34. The molecule has 0 aromatic heterocycles. The number of nitrogens with one attached hydrogen (secondary N) is 1. The Morgan fingerprint density at radius 3 is 2.71 bits per heavy atom. The van der Waals surface area contributed by atoms with Gasteiger partial charge < -0.3 is 5.32 Å². The fourth-order valence-corrected chi connectivity index (χ4v) is 1.05. The average Bonchev–Trinajstić information content (AvgIpc) is 2.25. The normalized spacial score (nSPS) is 10.4. The Labute approximate surface area is 84.6 Å². The summed E-state index contributed by atoms with van der Waals surface area (Å²) in [6.07, 6.45) is 4.39. The van der Waals surface area contributed by atoms with Gasteiger partial charge in [0.2, 0.25) is 0 Å². The summed E-state index contributed by atoms with van der Waals surface area (Å²) in [5.41, 5.74) is 0.978. The highest BCUT2D eigenvalue weighted by atomic mass is 16.1. The Morgan fingerprint density at radius 2 is 2.07 bits per heavy atom. The zero-order valence-corrected chi connectivity index (χ0v) is 8.36. The van der Waals surface area contributed by atoms with E-state index in [0.29, 0.717) is 6.54 Å². The molecule has 0 aliphatic rings. The molecular weight excluding hydrogens is 174 g/mol. The van der Waals surface area contributed by atoms with E-state index < -0.39 is 0 Å². The fraction of sp³-hybridized carbons (Fsp3) is 0.250. The number of hydrogen-bond donors (Lipinski definition) is 1. The molecule has 0 bridgehead atoms. The van der Waals surface area contributed by atoms with E-state index >= 15 is 0 Å². The van der Waals surface area contributed by atoms with Gasteiger partial charge in [0.1, 0.15) is 0 Å². The molecule has 0 saturated heterocycles. The summed E-state index contributed by atoms with van der Waals surface area (Å²) in [4.78, 5) is 11.2. The molecule has 1 aromatic carbocycles. The third-order valence-electron chi connectivity index (χ3n) is 1.78. The number of allylic oxidation sites excluding steroid dienone is 1. The predicted molar refractivity (Wildman–Crippen MR) is 59.4 cm³/mol. The average molecular weight is 189 g/mol. The zero-order chi connectivity index (χ0) is 10.2. The number of anilines is 1. The van der Waals surface area contributed by atoms with E-state index in [1.54, 1.807) is 6.08 Å². The second-order valence-corrected chi connectivity index (χ2v) is 3.00. The molecule has 0 aliphatic carbocycles. The number of para-hydroxylation sites is 1. The van der Waals surface area contributed by atoms with Crippen molar-refractivity contribution >= 4 is 11.5 Å². The molecule has 1 aromatic rings. The third kappa shape index (κ3) is 3.90. The Bertz CT molecular complexity index is 303. The Morgan fingerprint density at radius 1 is 1.36 bits per heavy atom. The quantitative estimate of drug-likeness (QED) is 0.721.